The molecule has 0 unspecified atom stereocenters. The van der Waals surface area contributed by atoms with E-state index in [1.54, 1.807) is 29.0 Å². The maximum atomic E-state index is 13.3. The zero-order valence-electron chi connectivity index (χ0n) is 10.8. The first-order chi connectivity index (χ1) is 10.1. The first-order valence-electron chi connectivity index (χ1n) is 6.58. The smallest absolute Gasteiger partial charge is 0.159 e. The van der Waals surface area contributed by atoms with Gasteiger partial charge in [0, 0.05) is 18.0 Å². The summed E-state index contributed by atoms with van der Waals surface area (Å²) < 4.78 is 28.0. The van der Waals surface area contributed by atoms with Crippen LogP contribution in [0, 0.1) is 11.6 Å². The predicted octanol–water partition coefficient (Wildman–Crippen LogP) is 3.93. The van der Waals surface area contributed by atoms with Gasteiger partial charge in [-0.25, -0.2) is 18.3 Å². The van der Waals surface area contributed by atoms with Gasteiger partial charge < -0.3 is 0 Å². The molecule has 0 saturated heterocycles. The molecule has 1 aliphatic carbocycles. The van der Waals surface area contributed by atoms with Crippen molar-refractivity contribution < 1.29 is 8.78 Å². The highest BCUT2D eigenvalue weighted by Crippen LogP contribution is 2.55. The van der Waals surface area contributed by atoms with Gasteiger partial charge in [-0.05, 0) is 42.0 Å². The average Bonchev–Trinajstić information content (AvgIpc) is 3.11. The molecule has 1 fully saturated rings. The van der Waals surface area contributed by atoms with Gasteiger partial charge in [0.1, 0.15) is 5.15 Å². The quantitative estimate of drug-likeness (QED) is 0.718. The van der Waals surface area contributed by atoms with E-state index in [1.165, 1.54) is 12.1 Å². The van der Waals surface area contributed by atoms with Crippen molar-refractivity contribution in [1.29, 1.82) is 0 Å². The van der Waals surface area contributed by atoms with Gasteiger partial charge in [0.2, 0.25) is 0 Å². The van der Waals surface area contributed by atoms with Crippen LogP contribution < -0.4 is 0 Å². The lowest BCUT2D eigenvalue weighted by molar-refractivity contribution is 0.507. The van der Waals surface area contributed by atoms with Gasteiger partial charge in [0.15, 0.2) is 17.3 Å². The molecule has 2 aromatic heterocycles. The van der Waals surface area contributed by atoms with Crippen LogP contribution >= 0.6 is 11.6 Å². The molecule has 0 bridgehead atoms. The molecular weight excluding hydrogens is 296 g/mol. The van der Waals surface area contributed by atoms with Crippen LogP contribution in [0.25, 0.3) is 5.65 Å². The molecule has 2 heterocycles. The first kappa shape index (κ1) is 12.7. The number of halogens is 3. The second-order valence-corrected chi connectivity index (χ2v) is 5.63. The summed E-state index contributed by atoms with van der Waals surface area (Å²) in [5, 5.41) is 4.53. The molecule has 2 atom stereocenters. The van der Waals surface area contributed by atoms with Crippen LogP contribution in [0.4, 0.5) is 8.78 Å². The average molecular weight is 306 g/mol. The molecule has 6 heteroatoms. The fourth-order valence-corrected chi connectivity index (χ4v) is 3.03. The van der Waals surface area contributed by atoms with Crippen LogP contribution in [0.2, 0.25) is 5.15 Å². The lowest BCUT2D eigenvalue weighted by Crippen LogP contribution is -1.97. The van der Waals surface area contributed by atoms with Crippen LogP contribution in [0.3, 0.4) is 0 Å². The van der Waals surface area contributed by atoms with Crippen molar-refractivity contribution in [2.75, 3.05) is 0 Å². The molecule has 3 aromatic rings. The predicted molar refractivity (Wildman–Crippen MR) is 74.5 cm³/mol. The van der Waals surface area contributed by atoms with Gasteiger partial charge in [-0.15, -0.1) is 0 Å². The topological polar surface area (TPSA) is 30.2 Å². The van der Waals surface area contributed by atoms with E-state index < -0.39 is 11.6 Å². The molecule has 3 nitrogen and oxygen atoms in total. The first-order valence-corrected chi connectivity index (χ1v) is 6.96. The third-order valence-corrected chi connectivity index (χ3v) is 4.10. The highest BCUT2D eigenvalue weighted by molar-refractivity contribution is 6.29. The van der Waals surface area contributed by atoms with E-state index in [-0.39, 0.29) is 11.8 Å². The largest absolute Gasteiger partial charge is 0.235 e. The minimum Gasteiger partial charge on any atom is -0.235 e. The summed E-state index contributed by atoms with van der Waals surface area (Å²) in [7, 11) is 0. The van der Waals surface area contributed by atoms with Gasteiger partial charge in [-0.3, -0.25) is 0 Å². The van der Waals surface area contributed by atoms with Crippen LogP contribution in [-0.2, 0) is 0 Å². The Bertz CT molecular complexity index is 846. The van der Waals surface area contributed by atoms with E-state index in [1.807, 2.05) is 0 Å². The number of aromatic nitrogens is 3. The molecule has 0 N–H and O–H groups in total. The van der Waals surface area contributed by atoms with E-state index in [9.17, 15) is 8.78 Å². The zero-order valence-corrected chi connectivity index (χ0v) is 11.6. The van der Waals surface area contributed by atoms with E-state index in [0.717, 1.165) is 23.2 Å². The molecule has 0 amide bonds. The summed E-state index contributed by atoms with van der Waals surface area (Å²) in [6.45, 7) is 0. The molecule has 21 heavy (non-hydrogen) atoms. The summed E-state index contributed by atoms with van der Waals surface area (Å²) >= 11 is 6.02. The Morgan fingerprint density at radius 1 is 1.14 bits per heavy atom. The summed E-state index contributed by atoms with van der Waals surface area (Å²) in [6.07, 6.45) is 4.27. The Morgan fingerprint density at radius 3 is 2.81 bits per heavy atom. The van der Waals surface area contributed by atoms with E-state index in [4.69, 9.17) is 11.6 Å². The maximum absolute atomic E-state index is 13.3. The second-order valence-electron chi connectivity index (χ2n) is 5.24. The molecule has 4 rings (SSSR count). The lowest BCUT2D eigenvalue weighted by atomic mass is 10.1. The second kappa shape index (κ2) is 4.49. The highest BCUT2D eigenvalue weighted by Gasteiger charge is 2.41. The molecule has 1 aromatic carbocycles. The lowest BCUT2D eigenvalue weighted by Gasteiger charge is -2.05. The molecular formula is C15H10ClF2N3. The number of fused-ring (bicyclic) bond motifs is 1. The fraction of sp³-hybridized carbons (Fsp3) is 0.200. The van der Waals surface area contributed by atoms with Gasteiger partial charge in [0.25, 0.3) is 0 Å². The number of benzene rings is 1. The third kappa shape index (κ3) is 2.08. The Morgan fingerprint density at radius 2 is 2.00 bits per heavy atom. The van der Waals surface area contributed by atoms with Gasteiger partial charge in [-0.1, -0.05) is 17.7 Å². The van der Waals surface area contributed by atoms with Crippen molar-refractivity contribution in [1.82, 2.24) is 14.6 Å². The normalized spacial score (nSPS) is 20.9. The minimum absolute atomic E-state index is 0.166. The monoisotopic (exact) mass is 305 g/mol. The van der Waals surface area contributed by atoms with E-state index >= 15 is 0 Å². The maximum Gasteiger partial charge on any atom is 0.159 e. The Kier molecular flexibility index (Phi) is 2.72. The zero-order chi connectivity index (χ0) is 14.6. The third-order valence-electron chi connectivity index (χ3n) is 3.92. The molecule has 0 radical (unpaired) electrons. The molecule has 106 valence electrons. The SMILES string of the molecule is Fc1ccc([C@H]2C[C@@H]2c2cc(Cl)nn3ccnc23)cc1F. The molecule has 1 aliphatic rings. The van der Waals surface area contributed by atoms with E-state index in [2.05, 4.69) is 10.1 Å². The van der Waals surface area contributed by atoms with Crippen molar-refractivity contribution in [2.45, 2.75) is 18.3 Å². The molecule has 1 saturated carbocycles. The number of rotatable bonds is 2. The molecule has 0 aliphatic heterocycles. The summed E-state index contributed by atoms with van der Waals surface area (Å²) in [5.41, 5.74) is 2.56. The van der Waals surface area contributed by atoms with Crippen LogP contribution in [0.5, 0.6) is 0 Å². The van der Waals surface area contributed by atoms with Crippen molar-refractivity contribution in [3.63, 3.8) is 0 Å². The van der Waals surface area contributed by atoms with E-state index in [0.29, 0.717) is 5.15 Å². The standard InChI is InChI=1S/C15H10ClF2N3/c16-14-7-11(15-19-3-4-21(15)20-14)10-6-9(10)8-1-2-12(17)13(18)5-8/h1-5,7,9-10H,6H2/t9-,10+/m1/s1. The summed E-state index contributed by atoms with van der Waals surface area (Å²) in [4.78, 5) is 4.29. The number of hydrogen-bond donors (Lipinski definition) is 0. The van der Waals surface area contributed by atoms with Crippen molar-refractivity contribution in [3.05, 3.63) is 64.6 Å². The van der Waals surface area contributed by atoms with Gasteiger partial charge >= 0.3 is 0 Å². The van der Waals surface area contributed by atoms with Crippen molar-refractivity contribution in [2.24, 2.45) is 0 Å². The number of imidazole rings is 1. The van der Waals surface area contributed by atoms with Crippen LogP contribution in [0.15, 0.2) is 36.7 Å². The Balaban J connectivity index is 1.72. The van der Waals surface area contributed by atoms with Crippen LogP contribution in [0.1, 0.15) is 29.4 Å². The highest BCUT2D eigenvalue weighted by atomic mass is 35.5. The van der Waals surface area contributed by atoms with Crippen molar-refractivity contribution >= 4 is 17.2 Å². The van der Waals surface area contributed by atoms with Crippen LogP contribution in [-0.4, -0.2) is 14.6 Å². The number of hydrogen-bond acceptors (Lipinski definition) is 2. The number of nitrogens with zero attached hydrogens (tertiary/aromatic N) is 3. The van der Waals surface area contributed by atoms with Crippen molar-refractivity contribution in [3.8, 4) is 0 Å². The van der Waals surface area contributed by atoms with Gasteiger partial charge in [-0.2, -0.15) is 5.10 Å². The Hall–Kier alpha value is -2.01. The molecule has 0 spiro atoms. The Labute approximate surface area is 124 Å². The fourth-order valence-electron chi connectivity index (χ4n) is 2.83. The van der Waals surface area contributed by atoms with Gasteiger partial charge in [0.05, 0.1) is 0 Å². The summed E-state index contributed by atoms with van der Waals surface area (Å²) in [6, 6.07) is 5.87. The summed E-state index contributed by atoms with van der Waals surface area (Å²) in [5.74, 6) is -1.25. The minimum atomic E-state index is -0.821.